The maximum absolute atomic E-state index is 12.1. The molecule has 1 amide bonds. The van der Waals surface area contributed by atoms with Crippen LogP contribution in [0.3, 0.4) is 0 Å². The highest BCUT2D eigenvalue weighted by Crippen LogP contribution is 2.08. The molecule has 0 heterocycles. The van der Waals surface area contributed by atoms with E-state index in [2.05, 4.69) is 0 Å². The summed E-state index contributed by atoms with van der Waals surface area (Å²) in [5, 5.41) is 0. The molecular formula is C17H27NO6. The van der Waals surface area contributed by atoms with E-state index < -0.39 is 30.1 Å². The molecule has 0 aliphatic carbocycles. The summed E-state index contributed by atoms with van der Waals surface area (Å²) < 4.78 is 9.97. The molecule has 0 N–H and O–H groups in total. The van der Waals surface area contributed by atoms with Gasteiger partial charge in [-0.15, -0.1) is 0 Å². The standard InChI is InChI=1S/C17H27NO6/c1-6-10-18(11-16(22)24-17(3,4)5)14(20)12-23-15(21)9-8-13(19)7-2/h8-9H,6-7,10-12H2,1-5H3/b9-8+. The van der Waals surface area contributed by atoms with Gasteiger partial charge in [0.1, 0.15) is 12.1 Å². The van der Waals surface area contributed by atoms with Gasteiger partial charge in [-0.05, 0) is 33.3 Å². The second kappa shape index (κ2) is 10.6. The van der Waals surface area contributed by atoms with Crippen molar-refractivity contribution in [2.45, 2.75) is 53.1 Å². The lowest BCUT2D eigenvalue weighted by Crippen LogP contribution is -2.41. The third-order valence-electron chi connectivity index (χ3n) is 2.68. The zero-order valence-corrected chi connectivity index (χ0v) is 15.1. The lowest BCUT2D eigenvalue weighted by Gasteiger charge is -2.24. The van der Waals surface area contributed by atoms with Crippen LogP contribution in [0.1, 0.15) is 47.5 Å². The van der Waals surface area contributed by atoms with Crippen molar-refractivity contribution >= 4 is 23.6 Å². The maximum atomic E-state index is 12.1. The molecule has 0 aromatic carbocycles. The van der Waals surface area contributed by atoms with Gasteiger partial charge in [-0.3, -0.25) is 14.4 Å². The third-order valence-corrected chi connectivity index (χ3v) is 2.68. The minimum atomic E-state index is -0.779. The van der Waals surface area contributed by atoms with E-state index in [4.69, 9.17) is 9.47 Å². The normalized spacial score (nSPS) is 11.2. The largest absolute Gasteiger partial charge is 0.459 e. The number of allylic oxidation sites excluding steroid dienone is 1. The Hall–Kier alpha value is -2.18. The fraction of sp³-hybridized carbons (Fsp3) is 0.647. The Morgan fingerprint density at radius 3 is 2.17 bits per heavy atom. The van der Waals surface area contributed by atoms with Crippen LogP contribution in [0, 0.1) is 0 Å². The molecule has 0 spiro atoms. The lowest BCUT2D eigenvalue weighted by molar-refractivity contribution is -0.160. The zero-order chi connectivity index (χ0) is 18.8. The van der Waals surface area contributed by atoms with Crippen LogP contribution in [-0.2, 0) is 28.7 Å². The van der Waals surface area contributed by atoms with Crippen molar-refractivity contribution in [3.8, 4) is 0 Å². The molecule has 0 saturated carbocycles. The average molecular weight is 341 g/mol. The van der Waals surface area contributed by atoms with Gasteiger partial charge in [0.2, 0.25) is 0 Å². The molecule has 0 aromatic rings. The van der Waals surface area contributed by atoms with Crippen LogP contribution in [-0.4, -0.2) is 53.8 Å². The van der Waals surface area contributed by atoms with Crippen LogP contribution in [0.5, 0.6) is 0 Å². The van der Waals surface area contributed by atoms with Gasteiger partial charge in [0, 0.05) is 19.0 Å². The number of amides is 1. The molecule has 0 aliphatic rings. The van der Waals surface area contributed by atoms with Gasteiger partial charge in [0.15, 0.2) is 12.4 Å². The smallest absolute Gasteiger partial charge is 0.331 e. The van der Waals surface area contributed by atoms with E-state index in [1.54, 1.807) is 27.7 Å². The predicted molar refractivity (Wildman–Crippen MR) is 88.1 cm³/mol. The number of nitrogens with zero attached hydrogens (tertiary/aromatic N) is 1. The van der Waals surface area contributed by atoms with Crippen LogP contribution in [0.2, 0.25) is 0 Å². The zero-order valence-electron chi connectivity index (χ0n) is 15.1. The SMILES string of the molecule is CCCN(CC(=O)OC(C)(C)C)C(=O)COC(=O)/C=C/C(=O)CC. The van der Waals surface area contributed by atoms with Gasteiger partial charge in [-0.25, -0.2) is 4.79 Å². The highest BCUT2D eigenvalue weighted by Gasteiger charge is 2.22. The van der Waals surface area contributed by atoms with E-state index in [1.165, 1.54) is 4.90 Å². The van der Waals surface area contributed by atoms with Crippen LogP contribution >= 0.6 is 0 Å². The molecule has 0 aliphatic heterocycles. The summed E-state index contributed by atoms with van der Waals surface area (Å²) in [6.45, 7) is 8.40. The third kappa shape index (κ3) is 10.5. The monoisotopic (exact) mass is 341 g/mol. The molecule has 136 valence electrons. The number of carbonyl (C=O) groups excluding carboxylic acids is 4. The number of esters is 2. The highest BCUT2D eigenvalue weighted by molar-refractivity contribution is 5.96. The summed E-state index contributed by atoms with van der Waals surface area (Å²) in [4.78, 5) is 47.7. The molecule has 7 nitrogen and oxygen atoms in total. The Kier molecular flexibility index (Phi) is 9.61. The molecule has 0 fully saturated rings. The van der Waals surface area contributed by atoms with E-state index in [9.17, 15) is 19.2 Å². The Labute approximate surface area is 143 Å². The maximum Gasteiger partial charge on any atom is 0.331 e. The van der Waals surface area contributed by atoms with Gasteiger partial charge in [0.05, 0.1) is 0 Å². The average Bonchev–Trinajstić information content (AvgIpc) is 2.47. The number of hydrogen-bond donors (Lipinski definition) is 0. The van der Waals surface area contributed by atoms with E-state index >= 15 is 0 Å². The van der Waals surface area contributed by atoms with E-state index in [0.717, 1.165) is 12.2 Å². The van der Waals surface area contributed by atoms with Crippen molar-refractivity contribution in [2.75, 3.05) is 19.7 Å². The molecular weight excluding hydrogens is 314 g/mol. The van der Waals surface area contributed by atoms with Crippen LogP contribution < -0.4 is 0 Å². The first kappa shape index (κ1) is 21.8. The molecule has 0 radical (unpaired) electrons. The molecule has 0 atom stereocenters. The summed E-state index contributed by atoms with van der Waals surface area (Å²) in [6.07, 6.45) is 3.02. The fourth-order valence-electron chi connectivity index (χ4n) is 1.64. The van der Waals surface area contributed by atoms with Gasteiger partial charge in [-0.1, -0.05) is 13.8 Å². The van der Waals surface area contributed by atoms with E-state index in [1.807, 2.05) is 6.92 Å². The first-order valence-electron chi connectivity index (χ1n) is 7.96. The van der Waals surface area contributed by atoms with Gasteiger partial charge < -0.3 is 14.4 Å². The van der Waals surface area contributed by atoms with Crippen molar-refractivity contribution in [1.29, 1.82) is 0 Å². The van der Waals surface area contributed by atoms with Gasteiger partial charge >= 0.3 is 11.9 Å². The molecule has 0 unspecified atom stereocenters. The van der Waals surface area contributed by atoms with Crippen molar-refractivity contribution in [3.63, 3.8) is 0 Å². The number of hydrogen-bond acceptors (Lipinski definition) is 6. The molecule has 0 rings (SSSR count). The van der Waals surface area contributed by atoms with Crippen LogP contribution in [0.15, 0.2) is 12.2 Å². The minimum absolute atomic E-state index is 0.203. The number of ether oxygens (including phenoxy) is 2. The first-order valence-corrected chi connectivity index (χ1v) is 7.96. The van der Waals surface area contributed by atoms with Crippen molar-refractivity contribution in [1.82, 2.24) is 4.90 Å². The molecule has 24 heavy (non-hydrogen) atoms. The number of rotatable bonds is 9. The summed E-state index contributed by atoms with van der Waals surface area (Å²) >= 11 is 0. The summed E-state index contributed by atoms with van der Waals surface area (Å²) in [5.41, 5.74) is -0.638. The first-order chi connectivity index (χ1) is 11.1. The minimum Gasteiger partial charge on any atom is -0.459 e. The van der Waals surface area contributed by atoms with E-state index in [0.29, 0.717) is 13.0 Å². The summed E-state index contributed by atoms with van der Waals surface area (Å²) in [6, 6.07) is 0. The topological polar surface area (TPSA) is 90.0 Å². The van der Waals surface area contributed by atoms with Crippen molar-refractivity contribution in [2.24, 2.45) is 0 Å². The Morgan fingerprint density at radius 1 is 1.04 bits per heavy atom. The molecule has 0 saturated heterocycles. The van der Waals surface area contributed by atoms with Crippen LogP contribution in [0.4, 0.5) is 0 Å². The van der Waals surface area contributed by atoms with Gasteiger partial charge in [-0.2, -0.15) is 0 Å². The Balaban J connectivity index is 4.53. The molecule has 7 heteroatoms. The second-order valence-electron chi connectivity index (χ2n) is 6.16. The Bertz CT molecular complexity index is 490. The molecule has 0 bridgehead atoms. The van der Waals surface area contributed by atoms with Crippen molar-refractivity contribution in [3.05, 3.63) is 12.2 Å². The van der Waals surface area contributed by atoms with Gasteiger partial charge in [0.25, 0.3) is 5.91 Å². The molecule has 0 aromatic heterocycles. The predicted octanol–water partition coefficient (Wildman–Crippen LogP) is 1.65. The highest BCUT2D eigenvalue weighted by atomic mass is 16.6. The van der Waals surface area contributed by atoms with Crippen LogP contribution in [0.25, 0.3) is 0 Å². The number of carbonyl (C=O) groups is 4. The summed E-state index contributed by atoms with van der Waals surface area (Å²) in [7, 11) is 0. The fourth-order valence-corrected chi connectivity index (χ4v) is 1.64. The lowest BCUT2D eigenvalue weighted by atomic mass is 10.2. The van der Waals surface area contributed by atoms with E-state index in [-0.39, 0.29) is 18.7 Å². The second-order valence-corrected chi connectivity index (χ2v) is 6.16. The quantitative estimate of drug-likeness (QED) is 0.468. The van der Waals surface area contributed by atoms with Crippen molar-refractivity contribution < 1.29 is 28.7 Å². The Morgan fingerprint density at radius 2 is 1.67 bits per heavy atom. The number of ketones is 1. The summed E-state index contributed by atoms with van der Waals surface area (Å²) in [5.74, 6) is -2.01.